The maximum Gasteiger partial charge on any atom is 0.328 e. The molecule has 0 saturated carbocycles. The van der Waals surface area contributed by atoms with E-state index < -0.39 is 6.10 Å². The number of hydrogen-bond acceptors (Lipinski definition) is 5. The smallest absolute Gasteiger partial charge is 0.328 e. The first-order valence-corrected chi connectivity index (χ1v) is 11.0. The van der Waals surface area contributed by atoms with E-state index in [9.17, 15) is 14.7 Å². The number of carbonyl (C=O) groups excluding carboxylic acids is 1. The van der Waals surface area contributed by atoms with Crippen LogP contribution in [0.15, 0.2) is 59.5 Å². The monoisotopic (exact) mass is 443 g/mol. The van der Waals surface area contributed by atoms with Gasteiger partial charge >= 0.3 is 5.69 Å². The number of imidazole rings is 1. The summed E-state index contributed by atoms with van der Waals surface area (Å²) in [5, 5.41) is 9.41. The van der Waals surface area contributed by atoms with E-state index in [4.69, 9.17) is 4.98 Å². The fourth-order valence-corrected chi connectivity index (χ4v) is 4.17. The standard InChI is InChI=1S/C25H25N5O3/c1-15(2)19-5-3-4-6-20(19)22-26-11-21-23(28-22)30(25(33)27-21)12-16-7-9-17(10-8-16)24(32)29-13-18(31)14-29/h3-11,15,18,31H,12-14H2,1-2H3,(H,27,33). The molecular formula is C25H25N5O3. The highest BCUT2D eigenvalue weighted by atomic mass is 16.3. The molecule has 0 atom stereocenters. The number of H-pyrrole nitrogens is 1. The molecule has 0 aliphatic carbocycles. The van der Waals surface area contributed by atoms with Gasteiger partial charge in [-0.3, -0.25) is 9.36 Å². The zero-order valence-electron chi connectivity index (χ0n) is 18.5. The molecule has 2 aromatic heterocycles. The number of aliphatic hydroxyl groups excluding tert-OH is 1. The van der Waals surface area contributed by atoms with Crippen LogP contribution in [0.25, 0.3) is 22.6 Å². The van der Waals surface area contributed by atoms with Gasteiger partial charge in [-0.1, -0.05) is 50.2 Å². The Hall–Kier alpha value is -3.78. The topological polar surface area (TPSA) is 104 Å². The fraction of sp³-hybridized carbons (Fsp3) is 0.280. The number of aromatic nitrogens is 4. The van der Waals surface area contributed by atoms with Crippen molar-refractivity contribution in [2.45, 2.75) is 32.4 Å². The second-order valence-electron chi connectivity index (χ2n) is 8.75. The lowest BCUT2D eigenvalue weighted by Crippen LogP contribution is -2.53. The van der Waals surface area contributed by atoms with E-state index >= 15 is 0 Å². The van der Waals surface area contributed by atoms with Crippen LogP contribution in [-0.4, -0.2) is 54.6 Å². The van der Waals surface area contributed by atoms with Crippen molar-refractivity contribution in [1.29, 1.82) is 0 Å². The lowest BCUT2D eigenvalue weighted by molar-refractivity contribution is 0.00589. The van der Waals surface area contributed by atoms with Gasteiger partial charge in [-0.2, -0.15) is 0 Å². The molecule has 2 aromatic carbocycles. The third-order valence-corrected chi connectivity index (χ3v) is 6.03. The highest BCUT2D eigenvalue weighted by Crippen LogP contribution is 2.27. The predicted molar refractivity (Wildman–Crippen MR) is 125 cm³/mol. The van der Waals surface area contributed by atoms with Crippen molar-refractivity contribution in [2.24, 2.45) is 0 Å². The average Bonchev–Trinajstić information content (AvgIpc) is 3.11. The normalized spacial score (nSPS) is 14.1. The van der Waals surface area contributed by atoms with Crippen LogP contribution in [0.5, 0.6) is 0 Å². The molecule has 1 fully saturated rings. The van der Waals surface area contributed by atoms with Crippen LogP contribution in [-0.2, 0) is 6.54 Å². The molecule has 8 heteroatoms. The van der Waals surface area contributed by atoms with E-state index in [-0.39, 0.29) is 11.6 Å². The number of likely N-dealkylation sites (tertiary alicyclic amines) is 1. The maximum atomic E-state index is 12.7. The quantitative estimate of drug-likeness (QED) is 0.494. The molecule has 0 spiro atoms. The molecular weight excluding hydrogens is 418 g/mol. The number of β-amino-alcohol motifs (C(OH)–C–C–N with tert-alkyl or cyclic N) is 1. The second-order valence-corrected chi connectivity index (χ2v) is 8.75. The Balaban J connectivity index is 1.45. The van der Waals surface area contributed by atoms with E-state index in [0.717, 1.165) is 16.7 Å². The van der Waals surface area contributed by atoms with Gasteiger partial charge in [0, 0.05) is 24.2 Å². The Morgan fingerprint density at radius 3 is 2.58 bits per heavy atom. The second kappa shape index (κ2) is 8.29. The van der Waals surface area contributed by atoms with Crippen LogP contribution in [0.3, 0.4) is 0 Å². The summed E-state index contributed by atoms with van der Waals surface area (Å²) in [6.45, 7) is 5.31. The molecule has 0 unspecified atom stereocenters. The molecule has 1 aliphatic rings. The number of amides is 1. The summed E-state index contributed by atoms with van der Waals surface area (Å²) in [5.74, 6) is 0.796. The Morgan fingerprint density at radius 2 is 1.88 bits per heavy atom. The Morgan fingerprint density at radius 1 is 1.15 bits per heavy atom. The highest BCUT2D eigenvalue weighted by molar-refractivity contribution is 5.94. The number of benzene rings is 2. The lowest BCUT2D eigenvalue weighted by Gasteiger charge is -2.35. The van der Waals surface area contributed by atoms with Crippen molar-refractivity contribution < 1.29 is 9.90 Å². The Bertz CT molecular complexity index is 1380. The van der Waals surface area contributed by atoms with Crippen molar-refractivity contribution in [2.75, 3.05) is 13.1 Å². The number of carbonyl (C=O) groups is 1. The van der Waals surface area contributed by atoms with E-state index in [0.29, 0.717) is 48.1 Å². The van der Waals surface area contributed by atoms with Crippen molar-refractivity contribution in [1.82, 2.24) is 24.4 Å². The number of fused-ring (bicyclic) bond motifs is 1. The number of aliphatic hydroxyl groups is 1. The van der Waals surface area contributed by atoms with Gasteiger partial charge < -0.3 is 15.0 Å². The predicted octanol–water partition coefficient (Wildman–Crippen LogP) is 2.78. The number of aromatic amines is 1. The fourth-order valence-electron chi connectivity index (χ4n) is 4.17. The molecule has 1 saturated heterocycles. The Kier molecular flexibility index (Phi) is 5.30. The van der Waals surface area contributed by atoms with Gasteiger partial charge in [0.1, 0.15) is 5.52 Å². The first-order valence-electron chi connectivity index (χ1n) is 11.0. The molecule has 2 N–H and O–H groups in total. The first kappa shape index (κ1) is 21.1. The molecule has 5 rings (SSSR count). The molecule has 1 amide bonds. The van der Waals surface area contributed by atoms with Crippen molar-refractivity contribution in [3.63, 3.8) is 0 Å². The summed E-state index contributed by atoms with van der Waals surface area (Å²) < 4.78 is 1.58. The number of nitrogens with one attached hydrogen (secondary N) is 1. The molecule has 33 heavy (non-hydrogen) atoms. The maximum absolute atomic E-state index is 12.7. The lowest BCUT2D eigenvalue weighted by atomic mass is 9.97. The number of nitrogens with zero attached hydrogens (tertiary/aromatic N) is 4. The van der Waals surface area contributed by atoms with Crippen LogP contribution < -0.4 is 5.69 Å². The summed E-state index contributed by atoms with van der Waals surface area (Å²) in [5.41, 5.74) is 4.40. The van der Waals surface area contributed by atoms with Crippen LogP contribution in [0.2, 0.25) is 0 Å². The van der Waals surface area contributed by atoms with Gasteiger partial charge in [0.2, 0.25) is 0 Å². The minimum Gasteiger partial charge on any atom is -0.389 e. The average molecular weight is 444 g/mol. The van der Waals surface area contributed by atoms with Gasteiger partial charge in [0.25, 0.3) is 5.91 Å². The minimum atomic E-state index is -0.429. The van der Waals surface area contributed by atoms with E-state index in [1.54, 1.807) is 27.8 Å². The largest absolute Gasteiger partial charge is 0.389 e. The molecule has 8 nitrogen and oxygen atoms in total. The third kappa shape index (κ3) is 3.93. The van der Waals surface area contributed by atoms with Gasteiger partial charge in [-0.25, -0.2) is 14.8 Å². The molecule has 0 radical (unpaired) electrons. The summed E-state index contributed by atoms with van der Waals surface area (Å²) in [6, 6.07) is 15.2. The summed E-state index contributed by atoms with van der Waals surface area (Å²) >= 11 is 0. The molecule has 1 aliphatic heterocycles. The summed E-state index contributed by atoms with van der Waals surface area (Å²) in [7, 11) is 0. The number of rotatable bonds is 5. The molecule has 4 aromatic rings. The van der Waals surface area contributed by atoms with Crippen LogP contribution in [0.1, 0.15) is 41.3 Å². The van der Waals surface area contributed by atoms with E-state index in [2.05, 4.69) is 29.9 Å². The summed E-state index contributed by atoms with van der Waals surface area (Å²) in [6.07, 6.45) is 1.22. The van der Waals surface area contributed by atoms with E-state index in [1.807, 2.05) is 30.3 Å². The Labute approximate surface area is 190 Å². The van der Waals surface area contributed by atoms with Crippen molar-refractivity contribution in [3.8, 4) is 11.4 Å². The van der Waals surface area contributed by atoms with Crippen molar-refractivity contribution >= 4 is 17.1 Å². The van der Waals surface area contributed by atoms with Gasteiger partial charge in [-0.15, -0.1) is 0 Å². The molecule has 168 valence electrons. The first-order chi connectivity index (χ1) is 15.9. The van der Waals surface area contributed by atoms with Gasteiger partial charge in [0.05, 0.1) is 18.8 Å². The van der Waals surface area contributed by atoms with Crippen LogP contribution in [0.4, 0.5) is 0 Å². The van der Waals surface area contributed by atoms with Gasteiger partial charge in [-0.05, 0) is 29.2 Å². The molecule has 3 heterocycles. The number of hydrogen-bond donors (Lipinski definition) is 2. The van der Waals surface area contributed by atoms with Crippen molar-refractivity contribution in [3.05, 3.63) is 81.9 Å². The molecule has 0 bridgehead atoms. The van der Waals surface area contributed by atoms with Gasteiger partial charge in [0.15, 0.2) is 11.5 Å². The van der Waals surface area contributed by atoms with Crippen LogP contribution >= 0.6 is 0 Å². The van der Waals surface area contributed by atoms with E-state index in [1.165, 1.54) is 0 Å². The zero-order valence-corrected chi connectivity index (χ0v) is 18.5. The third-order valence-electron chi connectivity index (χ3n) is 6.03. The SMILES string of the molecule is CC(C)c1ccccc1-c1ncc2[nH]c(=O)n(Cc3ccc(C(=O)N4CC(O)C4)cc3)c2n1. The zero-order chi connectivity index (χ0) is 23.1. The highest BCUT2D eigenvalue weighted by Gasteiger charge is 2.29. The summed E-state index contributed by atoms with van der Waals surface area (Å²) in [4.78, 5) is 38.7. The minimum absolute atomic E-state index is 0.0997. The van der Waals surface area contributed by atoms with Crippen LogP contribution in [0, 0.1) is 0 Å².